The number of carbonyl (C=O) groups is 2. The highest BCUT2D eigenvalue weighted by Crippen LogP contribution is 2.32. The van der Waals surface area contributed by atoms with Gasteiger partial charge < -0.3 is 15.5 Å². The second kappa shape index (κ2) is 13.6. The first-order valence-corrected chi connectivity index (χ1v) is 15.2. The number of hydrazine groups is 1. The first-order chi connectivity index (χ1) is 18.2. The molecule has 4 rings (SSSR count). The lowest BCUT2D eigenvalue weighted by atomic mass is 9.87. The van der Waals surface area contributed by atoms with E-state index in [-0.39, 0.29) is 23.4 Å². The molecule has 3 N–H and O–H groups in total. The largest absolute Gasteiger partial charge is 0.335 e. The van der Waals surface area contributed by atoms with Gasteiger partial charge in [0.2, 0.25) is 5.91 Å². The maximum absolute atomic E-state index is 13.7. The van der Waals surface area contributed by atoms with Crippen LogP contribution in [-0.4, -0.2) is 71.6 Å². The molecule has 1 aromatic rings. The predicted molar refractivity (Wildman–Crippen MR) is 154 cm³/mol. The Morgan fingerprint density at radius 2 is 1.71 bits per heavy atom. The zero-order chi connectivity index (χ0) is 27.1. The van der Waals surface area contributed by atoms with Crippen molar-refractivity contribution in [1.82, 2.24) is 26.0 Å². The quantitative estimate of drug-likeness (QED) is 0.431. The Labute approximate surface area is 234 Å². The first kappa shape index (κ1) is 29.3. The number of nitrogens with zero attached hydrogens (tertiary/aromatic N) is 2. The number of hydrogen-bond acceptors (Lipinski definition) is 5. The third-order valence-electron chi connectivity index (χ3n) is 8.46. The molecule has 38 heavy (non-hydrogen) atoms. The van der Waals surface area contributed by atoms with Crippen LogP contribution in [0.1, 0.15) is 84.1 Å². The van der Waals surface area contributed by atoms with E-state index < -0.39 is 0 Å². The minimum atomic E-state index is -0.333. The number of hydrogen-bond donors (Lipinski definition) is 3. The maximum atomic E-state index is 13.7. The van der Waals surface area contributed by atoms with Gasteiger partial charge in [-0.05, 0) is 90.0 Å². The predicted octanol–water partition coefficient (Wildman–Crippen LogP) is 4.30. The summed E-state index contributed by atoms with van der Waals surface area (Å²) < 4.78 is 0. The normalized spacial score (nSPS) is 22.8. The van der Waals surface area contributed by atoms with Crippen molar-refractivity contribution < 1.29 is 9.59 Å². The number of carbonyl (C=O) groups excluding carboxylic acids is 2. The van der Waals surface area contributed by atoms with Gasteiger partial charge in [-0.3, -0.25) is 15.0 Å². The summed E-state index contributed by atoms with van der Waals surface area (Å²) in [6.07, 6.45) is 10.4. The molecule has 1 aromatic carbocycles. The Morgan fingerprint density at radius 3 is 2.32 bits per heavy atom. The van der Waals surface area contributed by atoms with Crippen LogP contribution in [0, 0.1) is 5.92 Å². The average molecular weight is 546 g/mol. The highest BCUT2D eigenvalue weighted by molar-refractivity contribution is 6.30. The number of rotatable bonds is 9. The molecule has 0 unspecified atom stereocenters. The lowest BCUT2D eigenvalue weighted by Crippen LogP contribution is -2.58. The Bertz CT molecular complexity index is 898. The third kappa shape index (κ3) is 8.17. The van der Waals surface area contributed by atoms with E-state index in [1.807, 2.05) is 29.3 Å². The highest BCUT2D eigenvalue weighted by Gasteiger charge is 2.38. The molecule has 3 aliphatic rings. The van der Waals surface area contributed by atoms with Crippen molar-refractivity contribution in [1.29, 1.82) is 0 Å². The van der Waals surface area contributed by atoms with Gasteiger partial charge in [0.05, 0.1) is 6.04 Å². The summed E-state index contributed by atoms with van der Waals surface area (Å²) in [5.74, 6) is 0.323. The Kier molecular flexibility index (Phi) is 10.5. The number of nitrogens with one attached hydrogen (secondary N) is 3. The summed E-state index contributed by atoms with van der Waals surface area (Å²) in [4.78, 5) is 29.3. The molecule has 2 amide bonds. The fourth-order valence-electron chi connectivity index (χ4n) is 6.40. The standard InChI is InChI=1S/C30H48ClN5O2/c1-30(2,3)36(26-9-5-4-6-10-26)29(38)23-15-18-35(19-16-23)34-28(37)27(33-21-25-8-7-17-32-25)20-22-11-13-24(31)14-12-22/h11-14,23,25-27,32-33H,4-10,15-21H2,1-3H3,(H,34,37)/t25-,27-/m1/s1. The summed E-state index contributed by atoms with van der Waals surface area (Å²) in [6, 6.07) is 8.17. The molecule has 3 fully saturated rings. The number of halogens is 1. The molecule has 212 valence electrons. The van der Waals surface area contributed by atoms with Crippen molar-refractivity contribution in [3.05, 3.63) is 34.9 Å². The van der Waals surface area contributed by atoms with Gasteiger partial charge in [-0.2, -0.15) is 0 Å². The molecule has 7 nitrogen and oxygen atoms in total. The van der Waals surface area contributed by atoms with Crippen LogP contribution in [0.2, 0.25) is 5.02 Å². The second-order valence-electron chi connectivity index (χ2n) is 12.5. The number of piperidine rings is 1. The van der Waals surface area contributed by atoms with Crippen LogP contribution in [0.25, 0.3) is 0 Å². The minimum absolute atomic E-state index is 0.0127. The van der Waals surface area contributed by atoms with Crippen molar-refractivity contribution in [3.63, 3.8) is 0 Å². The van der Waals surface area contributed by atoms with Crippen LogP contribution >= 0.6 is 11.6 Å². The zero-order valence-corrected chi connectivity index (χ0v) is 24.4. The van der Waals surface area contributed by atoms with Crippen molar-refractivity contribution in [2.75, 3.05) is 26.2 Å². The van der Waals surface area contributed by atoms with E-state index in [2.05, 4.69) is 41.7 Å². The van der Waals surface area contributed by atoms with Crippen LogP contribution in [-0.2, 0) is 16.0 Å². The summed E-state index contributed by atoms with van der Waals surface area (Å²) in [5.41, 5.74) is 4.08. The van der Waals surface area contributed by atoms with E-state index in [9.17, 15) is 9.59 Å². The van der Waals surface area contributed by atoms with E-state index in [0.29, 0.717) is 42.5 Å². The number of benzene rings is 1. The molecule has 2 heterocycles. The molecule has 2 saturated heterocycles. The van der Waals surface area contributed by atoms with E-state index in [4.69, 9.17) is 11.6 Å². The van der Waals surface area contributed by atoms with E-state index in [0.717, 1.165) is 50.8 Å². The van der Waals surface area contributed by atoms with Gasteiger partial charge in [0.15, 0.2) is 0 Å². The SMILES string of the molecule is CC(C)(C)N(C(=O)C1CCN(NC(=O)[C@@H](Cc2ccc(Cl)cc2)NC[C@H]2CCCN2)CC1)C1CCCCC1. The summed E-state index contributed by atoms with van der Waals surface area (Å²) in [5, 5.41) is 9.73. The summed E-state index contributed by atoms with van der Waals surface area (Å²) in [7, 11) is 0. The molecule has 0 spiro atoms. The van der Waals surface area contributed by atoms with Crippen LogP contribution in [0.4, 0.5) is 0 Å². The van der Waals surface area contributed by atoms with Crippen molar-refractivity contribution in [2.24, 2.45) is 5.92 Å². The molecular weight excluding hydrogens is 498 g/mol. The molecule has 8 heteroatoms. The van der Waals surface area contributed by atoms with Gasteiger partial charge in [-0.1, -0.05) is 43.0 Å². The van der Waals surface area contributed by atoms with Gasteiger partial charge in [-0.15, -0.1) is 0 Å². The Balaban J connectivity index is 1.32. The lowest BCUT2D eigenvalue weighted by molar-refractivity contribution is -0.146. The van der Waals surface area contributed by atoms with E-state index >= 15 is 0 Å². The summed E-state index contributed by atoms with van der Waals surface area (Å²) in [6.45, 7) is 9.72. The Hall–Kier alpha value is -1.67. The first-order valence-electron chi connectivity index (χ1n) is 14.8. The fourth-order valence-corrected chi connectivity index (χ4v) is 6.52. The second-order valence-corrected chi connectivity index (χ2v) is 12.9. The molecule has 0 radical (unpaired) electrons. The Morgan fingerprint density at radius 1 is 1.03 bits per heavy atom. The van der Waals surface area contributed by atoms with Crippen molar-refractivity contribution in [3.8, 4) is 0 Å². The van der Waals surface area contributed by atoms with Gasteiger partial charge in [0.1, 0.15) is 0 Å². The lowest BCUT2D eigenvalue weighted by Gasteiger charge is -2.46. The average Bonchev–Trinajstić information content (AvgIpc) is 3.42. The highest BCUT2D eigenvalue weighted by atomic mass is 35.5. The van der Waals surface area contributed by atoms with Crippen LogP contribution in [0.5, 0.6) is 0 Å². The monoisotopic (exact) mass is 545 g/mol. The molecule has 0 bridgehead atoms. The molecule has 1 aliphatic carbocycles. The third-order valence-corrected chi connectivity index (χ3v) is 8.71. The van der Waals surface area contributed by atoms with Gasteiger partial charge in [-0.25, -0.2) is 5.01 Å². The summed E-state index contributed by atoms with van der Waals surface area (Å²) >= 11 is 6.07. The van der Waals surface area contributed by atoms with E-state index in [1.54, 1.807) is 0 Å². The zero-order valence-electron chi connectivity index (χ0n) is 23.6. The van der Waals surface area contributed by atoms with Crippen molar-refractivity contribution >= 4 is 23.4 Å². The molecular formula is C30H48ClN5O2. The van der Waals surface area contributed by atoms with Gasteiger partial charge in [0.25, 0.3) is 5.91 Å². The van der Waals surface area contributed by atoms with Crippen LogP contribution in [0.15, 0.2) is 24.3 Å². The van der Waals surface area contributed by atoms with Crippen LogP contribution < -0.4 is 16.1 Å². The molecule has 2 atom stereocenters. The van der Waals surface area contributed by atoms with Crippen LogP contribution in [0.3, 0.4) is 0 Å². The fraction of sp³-hybridized carbons (Fsp3) is 0.733. The number of amides is 2. The molecule has 0 aromatic heterocycles. The van der Waals surface area contributed by atoms with E-state index in [1.165, 1.54) is 25.7 Å². The molecule has 1 saturated carbocycles. The van der Waals surface area contributed by atoms with Gasteiger partial charge >= 0.3 is 0 Å². The van der Waals surface area contributed by atoms with Gasteiger partial charge in [0, 0.05) is 48.2 Å². The minimum Gasteiger partial charge on any atom is -0.335 e. The van der Waals surface area contributed by atoms with Crippen molar-refractivity contribution in [2.45, 2.75) is 109 Å². The topological polar surface area (TPSA) is 76.7 Å². The molecule has 2 aliphatic heterocycles. The smallest absolute Gasteiger partial charge is 0.251 e. The maximum Gasteiger partial charge on any atom is 0.251 e.